The van der Waals surface area contributed by atoms with Crippen LogP contribution >= 0.6 is 0 Å². The summed E-state index contributed by atoms with van der Waals surface area (Å²) in [6, 6.07) is 6.15. The molecule has 1 N–H and O–H groups in total. The maximum atomic E-state index is 10.6. The van der Waals surface area contributed by atoms with Crippen LogP contribution in [-0.4, -0.2) is 42.2 Å². The van der Waals surface area contributed by atoms with Crippen LogP contribution in [0.2, 0.25) is 0 Å². The van der Waals surface area contributed by atoms with E-state index in [-0.39, 0.29) is 5.92 Å². The van der Waals surface area contributed by atoms with Gasteiger partial charge in [0.2, 0.25) is 0 Å². The third-order valence-corrected chi connectivity index (χ3v) is 3.32. The van der Waals surface area contributed by atoms with Crippen LogP contribution in [0, 0.1) is 19.8 Å². The second-order valence-electron chi connectivity index (χ2n) is 4.91. The Balaban J connectivity index is 1.73. The van der Waals surface area contributed by atoms with E-state index in [9.17, 15) is 4.79 Å². The van der Waals surface area contributed by atoms with E-state index >= 15 is 0 Å². The predicted octanol–water partition coefficient (Wildman–Crippen LogP) is 1.70. The zero-order valence-electron chi connectivity index (χ0n) is 10.8. The number of carbonyl (C=O) groups is 1. The molecule has 1 aromatic carbocycles. The van der Waals surface area contributed by atoms with Crippen molar-refractivity contribution in [3.05, 3.63) is 29.3 Å². The van der Waals surface area contributed by atoms with Crippen molar-refractivity contribution in [3.8, 4) is 5.75 Å². The number of aryl methyl sites for hydroxylation is 2. The lowest BCUT2D eigenvalue weighted by Crippen LogP contribution is -2.51. The third-order valence-electron chi connectivity index (χ3n) is 3.32. The highest BCUT2D eigenvalue weighted by molar-refractivity contribution is 5.71. The van der Waals surface area contributed by atoms with E-state index in [1.54, 1.807) is 0 Å². The van der Waals surface area contributed by atoms with E-state index in [2.05, 4.69) is 17.0 Å². The number of carboxylic acids is 1. The molecule has 0 atom stereocenters. The van der Waals surface area contributed by atoms with Crippen LogP contribution < -0.4 is 4.74 Å². The second kappa shape index (κ2) is 5.40. The standard InChI is InChI=1S/C14H19NO3/c1-10-3-4-11(2)13(7-10)18-6-5-15-8-12(9-15)14(16)17/h3-4,7,12H,5-6,8-9H2,1-2H3,(H,16,17). The first-order valence-corrected chi connectivity index (χ1v) is 6.21. The summed E-state index contributed by atoms with van der Waals surface area (Å²) < 4.78 is 5.73. The van der Waals surface area contributed by atoms with Crippen LogP contribution in [0.5, 0.6) is 5.75 Å². The summed E-state index contributed by atoms with van der Waals surface area (Å²) in [5, 5.41) is 8.76. The molecular weight excluding hydrogens is 230 g/mol. The average Bonchev–Trinajstić information content (AvgIpc) is 2.25. The maximum absolute atomic E-state index is 10.6. The summed E-state index contributed by atoms with van der Waals surface area (Å²) >= 11 is 0. The monoisotopic (exact) mass is 249 g/mol. The van der Waals surface area contributed by atoms with Crippen LogP contribution in [0.25, 0.3) is 0 Å². The minimum atomic E-state index is -0.693. The van der Waals surface area contributed by atoms with Gasteiger partial charge in [-0.05, 0) is 31.0 Å². The van der Waals surface area contributed by atoms with Crippen LogP contribution in [0.1, 0.15) is 11.1 Å². The lowest BCUT2D eigenvalue weighted by atomic mass is 10.0. The lowest BCUT2D eigenvalue weighted by Gasteiger charge is -2.36. The third kappa shape index (κ3) is 3.01. The number of likely N-dealkylation sites (tertiary alicyclic amines) is 1. The Bertz CT molecular complexity index is 439. The summed E-state index contributed by atoms with van der Waals surface area (Å²) in [6.07, 6.45) is 0. The summed E-state index contributed by atoms with van der Waals surface area (Å²) in [5.41, 5.74) is 2.32. The van der Waals surface area contributed by atoms with Crippen molar-refractivity contribution in [2.75, 3.05) is 26.2 Å². The van der Waals surface area contributed by atoms with E-state index in [4.69, 9.17) is 9.84 Å². The summed E-state index contributed by atoms with van der Waals surface area (Å²) in [5.74, 6) is 0.0395. The zero-order chi connectivity index (χ0) is 13.1. The normalized spacial score (nSPS) is 16.3. The first-order chi connectivity index (χ1) is 8.56. The molecule has 1 aliphatic heterocycles. The SMILES string of the molecule is Cc1ccc(C)c(OCCN2CC(C(=O)O)C2)c1. The van der Waals surface area contributed by atoms with Crippen molar-refractivity contribution in [3.63, 3.8) is 0 Å². The molecule has 0 bridgehead atoms. The highest BCUT2D eigenvalue weighted by Crippen LogP contribution is 2.20. The van der Waals surface area contributed by atoms with Gasteiger partial charge in [-0.25, -0.2) is 0 Å². The number of hydrogen-bond donors (Lipinski definition) is 1. The average molecular weight is 249 g/mol. The summed E-state index contributed by atoms with van der Waals surface area (Å²) in [4.78, 5) is 12.7. The zero-order valence-corrected chi connectivity index (χ0v) is 10.8. The van der Waals surface area contributed by atoms with Crippen molar-refractivity contribution in [1.29, 1.82) is 0 Å². The molecule has 4 nitrogen and oxygen atoms in total. The van der Waals surface area contributed by atoms with Gasteiger partial charge in [0.1, 0.15) is 12.4 Å². The van der Waals surface area contributed by atoms with E-state index in [1.807, 2.05) is 19.9 Å². The first kappa shape index (κ1) is 12.9. The predicted molar refractivity (Wildman–Crippen MR) is 69.0 cm³/mol. The van der Waals surface area contributed by atoms with Crippen molar-refractivity contribution >= 4 is 5.97 Å². The van der Waals surface area contributed by atoms with Crippen molar-refractivity contribution < 1.29 is 14.6 Å². The number of nitrogens with zero attached hydrogens (tertiary/aromatic N) is 1. The molecule has 1 aromatic rings. The molecule has 1 heterocycles. The Morgan fingerprint density at radius 3 is 2.83 bits per heavy atom. The molecule has 4 heteroatoms. The van der Waals surface area contributed by atoms with Crippen LogP contribution in [0.4, 0.5) is 0 Å². The molecule has 0 aliphatic carbocycles. The molecule has 0 unspecified atom stereocenters. The van der Waals surface area contributed by atoms with Gasteiger partial charge in [0.05, 0.1) is 5.92 Å². The van der Waals surface area contributed by atoms with Gasteiger partial charge in [0, 0.05) is 19.6 Å². The van der Waals surface area contributed by atoms with Gasteiger partial charge in [-0.15, -0.1) is 0 Å². The molecule has 0 aromatic heterocycles. The Labute approximate surface area is 107 Å². The maximum Gasteiger partial charge on any atom is 0.309 e. The number of carboxylic acid groups (broad SMARTS) is 1. The molecule has 0 spiro atoms. The second-order valence-corrected chi connectivity index (χ2v) is 4.91. The fourth-order valence-electron chi connectivity index (χ4n) is 2.06. The van der Waals surface area contributed by atoms with E-state index < -0.39 is 5.97 Å². The van der Waals surface area contributed by atoms with Crippen LogP contribution in [0.3, 0.4) is 0 Å². The fourth-order valence-corrected chi connectivity index (χ4v) is 2.06. The van der Waals surface area contributed by atoms with E-state index in [0.29, 0.717) is 19.7 Å². The molecule has 0 saturated carbocycles. The first-order valence-electron chi connectivity index (χ1n) is 6.21. The molecule has 0 amide bonds. The Kier molecular flexibility index (Phi) is 3.87. The minimum absolute atomic E-state index is 0.189. The molecule has 1 aliphatic rings. The van der Waals surface area contributed by atoms with Crippen LogP contribution in [-0.2, 0) is 4.79 Å². The molecule has 98 valence electrons. The van der Waals surface area contributed by atoms with Gasteiger partial charge in [-0.3, -0.25) is 9.69 Å². The number of benzene rings is 1. The van der Waals surface area contributed by atoms with E-state index in [0.717, 1.165) is 17.9 Å². The number of rotatable bonds is 5. The number of hydrogen-bond acceptors (Lipinski definition) is 3. The quantitative estimate of drug-likeness (QED) is 0.863. The number of aliphatic carboxylic acids is 1. The molecule has 2 rings (SSSR count). The molecular formula is C14H19NO3. The van der Waals surface area contributed by atoms with Crippen molar-refractivity contribution in [2.24, 2.45) is 5.92 Å². The van der Waals surface area contributed by atoms with Crippen molar-refractivity contribution in [2.45, 2.75) is 13.8 Å². The molecule has 18 heavy (non-hydrogen) atoms. The van der Waals surface area contributed by atoms with Gasteiger partial charge < -0.3 is 9.84 Å². The van der Waals surface area contributed by atoms with Crippen LogP contribution in [0.15, 0.2) is 18.2 Å². The molecule has 0 radical (unpaired) electrons. The summed E-state index contributed by atoms with van der Waals surface area (Å²) in [7, 11) is 0. The Morgan fingerprint density at radius 1 is 1.44 bits per heavy atom. The highest BCUT2D eigenvalue weighted by Gasteiger charge is 2.31. The fraction of sp³-hybridized carbons (Fsp3) is 0.500. The molecule has 1 saturated heterocycles. The number of ether oxygens (including phenoxy) is 1. The summed E-state index contributed by atoms with van der Waals surface area (Å²) in [6.45, 7) is 6.75. The Morgan fingerprint density at radius 2 is 2.17 bits per heavy atom. The van der Waals surface area contributed by atoms with Gasteiger partial charge in [-0.1, -0.05) is 12.1 Å². The Hall–Kier alpha value is -1.55. The highest BCUT2D eigenvalue weighted by atomic mass is 16.5. The van der Waals surface area contributed by atoms with Gasteiger partial charge in [0.15, 0.2) is 0 Å². The lowest BCUT2D eigenvalue weighted by molar-refractivity contribution is -0.147. The largest absolute Gasteiger partial charge is 0.492 e. The molecule has 1 fully saturated rings. The smallest absolute Gasteiger partial charge is 0.309 e. The van der Waals surface area contributed by atoms with Gasteiger partial charge in [0.25, 0.3) is 0 Å². The van der Waals surface area contributed by atoms with Gasteiger partial charge >= 0.3 is 5.97 Å². The van der Waals surface area contributed by atoms with Gasteiger partial charge in [-0.2, -0.15) is 0 Å². The topological polar surface area (TPSA) is 49.8 Å². The van der Waals surface area contributed by atoms with Crippen molar-refractivity contribution in [1.82, 2.24) is 4.90 Å². The van der Waals surface area contributed by atoms with E-state index in [1.165, 1.54) is 5.56 Å². The minimum Gasteiger partial charge on any atom is -0.492 e.